The molecular weight excluding hydrogens is 278 g/mol. The first-order valence-corrected chi connectivity index (χ1v) is 7.90. The van der Waals surface area contributed by atoms with E-state index in [4.69, 9.17) is 0 Å². The van der Waals surface area contributed by atoms with Crippen LogP contribution in [-0.4, -0.2) is 35.6 Å². The first-order valence-electron chi connectivity index (χ1n) is 7.90. The molecule has 1 aliphatic rings. The van der Waals surface area contributed by atoms with Crippen LogP contribution in [0.4, 0.5) is 0 Å². The van der Waals surface area contributed by atoms with E-state index < -0.39 is 0 Å². The van der Waals surface area contributed by atoms with Crippen LogP contribution in [0.15, 0.2) is 35.4 Å². The minimum Gasteiger partial charge on any atom is -0.356 e. The van der Waals surface area contributed by atoms with E-state index in [-0.39, 0.29) is 24.7 Å². The zero-order chi connectivity index (χ0) is 15.8. The summed E-state index contributed by atoms with van der Waals surface area (Å²) in [5, 5.41) is 8.69. The number of nitrogens with zero attached hydrogens (tertiary/aromatic N) is 2. The second-order valence-corrected chi connectivity index (χ2v) is 5.38. The Morgan fingerprint density at radius 3 is 2.73 bits per heavy atom. The molecular formula is C17H23N3O2. The number of hydrogen-bond donors (Lipinski definition) is 1. The van der Waals surface area contributed by atoms with Crippen LogP contribution in [0.25, 0.3) is 0 Å². The van der Waals surface area contributed by atoms with Gasteiger partial charge in [0.05, 0.1) is 12.3 Å². The molecule has 1 N–H and O–H groups in total. The summed E-state index contributed by atoms with van der Waals surface area (Å²) in [6.45, 7) is 3.36. The van der Waals surface area contributed by atoms with Crippen LogP contribution in [0.3, 0.4) is 0 Å². The number of hydrogen-bond acceptors (Lipinski definition) is 3. The van der Waals surface area contributed by atoms with E-state index >= 15 is 0 Å². The van der Waals surface area contributed by atoms with Gasteiger partial charge in [0.15, 0.2) is 0 Å². The van der Waals surface area contributed by atoms with Crippen molar-refractivity contribution in [3.63, 3.8) is 0 Å². The molecule has 0 bridgehead atoms. The maximum Gasteiger partial charge on any atom is 0.243 e. The molecule has 1 aromatic rings. The number of carbonyl (C=O) groups is 2. The molecule has 118 valence electrons. The topological polar surface area (TPSA) is 61.8 Å². The highest BCUT2D eigenvalue weighted by Gasteiger charge is 2.21. The van der Waals surface area contributed by atoms with Gasteiger partial charge in [0.2, 0.25) is 11.8 Å². The number of nitrogens with one attached hydrogen (secondary N) is 1. The van der Waals surface area contributed by atoms with Crippen LogP contribution in [0.5, 0.6) is 0 Å². The lowest BCUT2D eigenvalue weighted by Crippen LogP contribution is -2.28. The van der Waals surface area contributed by atoms with E-state index in [1.54, 1.807) is 0 Å². The molecule has 1 aliphatic heterocycles. The summed E-state index contributed by atoms with van der Waals surface area (Å²) in [5.74, 6) is -0.148. The first kappa shape index (κ1) is 16.2. The first-order chi connectivity index (χ1) is 10.7. The minimum atomic E-state index is -0.0865. The molecule has 1 aromatic carbocycles. The van der Waals surface area contributed by atoms with Gasteiger partial charge in [0.1, 0.15) is 0 Å². The lowest BCUT2D eigenvalue weighted by atomic mass is 10.1. The zero-order valence-electron chi connectivity index (χ0n) is 13.0. The third kappa shape index (κ3) is 4.69. The van der Waals surface area contributed by atoms with Gasteiger partial charge in [-0.1, -0.05) is 43.7 Å². The Labute approximate surface area is 131 Å². The van der Waals surface area contributed by atoms with E-state index in [9.17, 15) is 9.59 Å². The van der Waals surface area contributed by atoms with Gasteiger partial charge in [-0.15, -0.1) is 0 Å². The average molecular weight is 301 g/mol. The molecule has 0 saturated carbocycles. The molecule has 0 unspecified atom stereocenters. The largest absolute Gasteiger partial charge is 0.356 e. The minimum absolute atomic E-state index is 0.0618. The number of rotatable bonds is 7. The molecule has 2 amide bonds. The van der Waals surface area contributed by atoms with Crippen molar-refractivity contribution in [1.82, 2.24) is 10.3 Å². The van der Waals surface area contributed by atoms with Gasteiger partial charge < -0.3 is 5.32 Å². The van der Waals surface area contributed by atoms with Crippen LogP contribution in [0, 0.1) is 0 Å². The number of carbonyl (C=O) groups excluding carboxylic acids is 2. The van der Waals surface area contributed by atoms with Crippen molar-refractivity contribution in [2.75, 3.05) is 13.1 Å². The quantitative estimate of drug-likeness (QED) is 0.786. The highest BCUT2D eigenvalue weighted by molar-refractivity contribution is 6.02. The molecule has 5 heteroatoms. The SMILES string of the molecule is CCCCNC(=O)CCC(=O)N1CCC(c2ccccc2)=N1. The standard InChI is InChI=1S/C17H23N3O2/c1-2-3-12-18-16(21)9-10-17(22)20-13-11-15(19-20)14-7-5-4-6-8-14/h4-8H,2-3,9-13H2,1H3,(H,18,21). The van der Waals surface area contributed by atoms with Gasteiger partial charge >= 0.3 is 0 Å². The molecule has 0 aromatic heterocycles. The van der Waals surface area contributed by atoms with Crippen molar-refractivity contribution in [3.05, 3.63) is 35.9 Å². The lowest BCUT2D eigenvalue weighted by molar-refractivity contribution is -0.133. The van der Waals surface area contributed by atoms with Crippen molar-refractivity contribution in [2.45, 2.75) is 39.0 Å². The summed E-state index contributed by atoms with van der Waals surface area (Å²) >= 11 is 0. The molecule has 0 spiro atoms. The van der Waals surface area contributed by atoms with E-state index in [0.29, 0.717) is 13.1 Å². The maximum absolute atomic E-state index is 12.1. The summed E-state index contributed by atoms with van der Waals surface area (Å²) < 4.78 is 0. The maximum atomic E-state index is 12.1. The van der Waals surface area contributed by atoms with Crippen molar-refractivity contribution < 1.29 is 9.59 Å². The molecule has 0 aliphatic carbocycles. The van der Waals surface area contributed by atoms with Gasteiger partial charge in [-0.2, -0.15) is 5.10 Å². The van der Waals surface area contributed by atoms with E-state index in [1.165, 1.54) is 5.01 Å². The zero-order valence-corrected chi connectivity index (χ0v) is 13.0. The molecule has 5 nitrogen and oxygen atoms in total. The number of unbranched alkanes of at least 4 members (excludes halogenated alkanes) is 1. The highest BCUT2D eigenvalue weighted by atomic mass is 16.2. The normalized spacial score (nSPS) is 13.9. The summed E-state index contributed by atoms with van der Waals surface area (Å²) in [6, 6.07) is 9.87. The number of hydrazone groups is 1. The molecule has 2 rings (SSSR count). The summed E-state index contributed by atoms with van der Waals surface area (Å²) in [5.41, 5.74) is 1.98. The van der Waals surface area contributed by atoms with E-state index in [2.05, 4.69) is 17.3 Å². The number of amides is 2. The van der Waals surface area contributed by atoms with E-state index in [0.717, 1.165) is 30.5 Å². The van der Waals surface area contributed by atoms with Crippen molar-refractivity contribution >= 4 is 17.5 Å². The Hall–Kier alpha value is -2.17. The smallest absolute Gasteiger partial charge is 0.243 e. The summed E-state index contributed by atoms with van der Waals surface area (Å²) in [6.07, 6.45) is 3.22. The predicted molar refractivity (Wildman–Crippen MR) is 86.5 cm³/mol. The van der Waals surface area contributed by atoms with Gasteiger partial charge in [0.25, 0.3) is 0 Å². The fourth-order valence-corrected chi connectivity index (χ4v) is 2.31. The van der Waals surface area contributed by atoms with Crippen LogP contribution in [0.1, 0.15) is 44.6 Å². The third-order valence-corrected chi connectivity index (χ3v) is 3.62. The second-order valence-electron chi connectivity index (χ2n) is 5.38. The summed E-state index contributed by atoms with van der Waals surface area (Å²) in [7, 11) is 0. The van der Waals surface area contributed by atoms with Gasteiger partial charge in [-0.25, -0.2) is 5.01 Å². The molecule has 0 saturated heterocycles. The molecule has 22 heavy (non-hydrogen) atoms. The lowest BCUT2D eigenvalue weighted by Gasteiger charge is -2.11. The van der Waals surface area contributed by atoms with E-state index in [1.807, 2.05) is 30.3 Å². The second kappa shape index (κ2) is 8.32. The van der Waals surface area contributed by atoms with Crippen molar-refractivity contribution in [1.29, 1.82) is 0 Å². The Morgan fingerprint density at radius 1 is 1.23 bits per heavy atom. The van der Waals surface area contributed by atoms with Gasteiger partial charge in [0, 0.05) is 25.8 Å². The predicted octanol–water partition coefficient (Wildman–Crippen LogP) is 2.32. The van der Waals surface area contributed by atoms with Gasteiger partial charge in [-0.3, -0.25) is 9.59 Å². The van der Waals surface area contributed by atoms with Crippen LogP contribution in [0.2, 0.25) is 0 Å². The third-order valence-electron chi connectivity index (χ3n) is 3.62. The molecule has 0 atom stereocenters. The monoisotopic (exact) mass is 301 g/mol. The highest BCUT2D eigenvalue weighted by Crippen LogP contribution is 2.14. The van der Waals surface area contributed by atoms with Crippen molar-refractivity contribution in [2.24, 2.45) is 5.10 Å². The average Bonchev–Trinajstić information content (AvgIpc) is 3.04. The van der Waals surface area contributed by atoms with Gasteiger partial charge in [-0.05, 0) is 12.0 Å². The summed E-state index contributed by atoms with van der Waals surface area (Å²) in [4.78, 5) is 23.7. The van der Waals surface area contributed by atoms with Crippen molar-refractivity contribution in [3.8, 4) is 0 Å². The Kier molecular flexibility index (Phi) is 6.13. The fourth-order valence-electron chi connectivity index (χ4n) is 2.31. The fraction of sp³-hybridized carbons (Fsp3) is 0.471. The Morgan fingerprint density at radius 2 is 2.00 bits per heavy atom. The van der Waals surface area contributed by atoms with Crippen LogP contribution < -0.4 is 5.32 Å². The Bertz CT molecular complexity index is 540. The molecule has 0 radical (unpaired) electrons. The van der Waals surface area contributed by atoms with Crippen LogP contribution >= 0.6 is 0 Å². The van der Waals surface area contributed by atoms with Crippen LogP contribution in [-0.2, 0) is 9.59 Å². The number of benzene rings is 1. The Balaban J connectivity index is 1.79. The molecule has 1 heterocycles. The molecule has 0 fully saturated rings.